The number of rotatable bonds is 6. The van der Waals surface area contributed by atoms with Crippen molar-refractivity contribution in [1.82, 2.24) is 20.3 Å². The van der Waals surface area contributed by atoms with Gasteiger partial charge in [-0.1, -0.05) is 0 Å². The molecule has 2 atom stereocenters. The number of esters is 1. The largest absolute Gasteiger partial charge is 0.477 e. The number of aromatic nitrogens is 3. The summed E-state index contributed by atoms with van der Waals surface area (Å²) in [5.74, 6) is 0.162. The summed E-state index contributed by atoms with van der Waals surface area (Å²) in [7, 11) is 0. The Kier molecular flexibility index (Phi) is 6.12. The number of ether oxygens (including phenoxy) is 2. The molecule has 1 saturated heterocycles. The molecular weight excluding hydrogens is 332 g/mol. The molecule has 2 unspecified atom stereocenters. The van der Waals surface area contributed by atoms with Crippen molar-refractivity contribution in [3.63, 3.8) is 0 Å². The normalized spacial score (nSPS) is 19.8. The van der Waals surface area contributed by atoms with Gasteiger partial charge in [0.2, 0.25) is 5.88 Å². The Morgan fingerprint density at radius 3 is 2.85 bits per heavy atom. The van der Waals surface area contributed by atoms with Crippen molar-refractivity contribution in [2.45, 2.75) is 26.2 Å². The Labute approximate surface area is 153 Å². The number of nitrogens with zero attached hydrogens (tertiary/aromatic N) is 3. The first kappa shape index (κ1) is 18.3. The van der Waals surface area contributed by atoms with Crippen molar-refractivity contribution in [1.29, 1.82) is 0 Å². The minimum Gasteiger partial charge on any atom is -0.477 e. The summed E-state index contributed by atoms with van der Waals surface area (Å²) in [6.07, 6.45) is 5.88. The first-order valence-corrected chi connectivity index (χ1v) is 9.02. The lowest BCUT2D eigenvalue weighted by molar-refractivity contribution is -0.149. The molecule has 26 heavy (non-hydrogen) atoms. The Morgan fingerprint density at radius 2 is 2.12 bits per heavy atom. The molecule has 138 valence electrons. The third-order valence-corrected chi connectivity index (χ3v) is 4.45. The summed E-state index contributed by atoms with van der Waals surface area (Å²) in [5, 5.41) is 3.33. The predicted molar refractivity (Wildman–Crippen MR) is 96.8 cm³/mol. The van der Waals surface area contributed by atoms with E-state index < -0.39 is 0 Å². The van der Waals surface area contributed by atoms with Crippen molar-refractivity contribution >= 4 is 5.97 Å². The third-order valence-electron chi connectivity index (χ3n) is 4.45. The van der Waals surface area contributed by atoms with Crippen LogP contribution < -0.4 is 10.1 Å². The molecule has 0 saturated carbocycles. The molecule has 1 N–H and O–H groups in total. The number of hydrogen-bond acceptors (Lipinski definition) is 7. The van der Waals surface area contributed by atoms with Crippen LogP contribution in [0.5, 0.6) is 5.88 Å². The number of hydrogen-bond donors (Lipinski definition) is 1. The highest BCUT2D eigenvalue weighted by Crippen LogP contribution is 2.31. The molecule has 1 aliphatic rings. The number of pyridine rings is 1. The highest BCUT2D eigenvalue weighted by molar-refractivity contribution is 5.74. The van der Waals surface area contributed by atoms with E-state index in [1.807, 2.05) is 26.0 Å². The summed E-state index contributed by atoms with van der Waals surface area (Å²) >= 11 is 0. The summed E-state index contributed by atoms with van der Waals surface area (Å²) in [6, 6.07) is 3.75. The van der Waals surface area contributed by atoms with Crippen molar-refractivity contribution in [2.24, 2.45) is 5.92 Å². The minimum atomic E-state index is -0.186. The van der Waals surface area contributed by atoms with Crippen LogP contribution in [-0.2, 0) is 9.53 Å². The lowest BCUT2D eigenvalue weighted by Crippen LogP contribution is -2.39. The SMILES string of the molecule is CCOC(=O)C1CCNCC1c1cnc(-c2cccnc2OCC)cn1. The second-order valence-electron chi connectivity index (χ2n) is 6.07. The smallest absolute Gasteiger partial charge is 0.309 e. The summed E-state index contributed by atoms with van der Waals surface area (Å²) in [5.41, 5.74) is 2.29. The van der Waals surface area contributed by atoms with E-state index in [1.54, 1.807) is 18.6 Å². The average Bonchev–Trinajstić information content (AvgIpc) is 2.69. The molecule has 3 heterocycles. The maximum atomic E-state index is 12.3. The number of carbonyl (C=O) groups is 1. The van der Waals surface area contributed by atoms with Crippen LogP contribution in [0.25, 0.3) is 11.3 Å². The Bertz CT molecular complexity index is 736. The van der Waals surface area contributed by atoms with Gasteiger partial charge >= 0.3 is 5.97 Å². The molecule has 7 heteroatoms. The molecule has 2 aromatic rings. The van der Waals surface area contributed by atoms with E-state index in [0.29, 0.717) is 31.3 Å². The van der Waals surface area contributed by atoms with Crippen LogP contribution in [0.4, 0.5) is 0 Å². The van der Waals surface area contributed by atoms with Gasteiger partial charge in [0.25, 0.3) is 0 Å². The van der Waals surface area contributed by atoms with Crippen molar-refractivity contribution in [3.8, 4) is 17.1 Å². The van der Waals surface area contributed by atoms with Crippen LogP contribution in [0.3, 0.4) is 0 Å². The molecule has 1 aliphatic heterocycles. The van der Waals surface area contributed by atoms with Gasteiger partial charge in [0, 0.05) is 24.9 Å². The zero-order valence-corrected chi connectivity index (χ0v) is 15.1. The van der Waals surface area contributed by atoms with Crippen molar-refractivity contribution < 1.29 is 14.3 Å². The third kappa shape index (κ3) is 3.99. The van der Waals surface area contributed by atoms with Crippen molar-refractivity contribution in [3.05, 3.63) is 36.4 Å². The lowest BCUT2D eigenvalue weighted by atomic mass is 9.84. The molecular formula is C19H24N4O3. The van der Waals surface area contributed by atoms with Crippen LogP contribution in [0.15, 0.2) is 30.7 Å². The fourth-order valence-electron chi connectivity index (χ4n) is 3.21. The molecule has 3 rings (SSSR count). The minimum absolute atomic E-state index is 0.0374. The van der Waals surface area contributed by atoms with E-state index in [1.165, 1.54) is 0 Å². The summed E-state index contributed by atoms with van der Waals surface area (Å²) in [6.45, 7) is 6.16. The van der Waals surface area contributed by atoms with E-state index in [0.717, 1.165) is 24.2 Å². The maximum Gasteiger partial charge on any atom is 0.309 e. The van der Waals surface area contributed by atoms with Crippen LogP contribution in [-0.4, -0.2) is 47.2 Å². The lowest BCUT2D eigenvalue weighted by Gasteiger charge is -2.29. The molecule has 2 aromatic heterocycles. The van der Waals surface area contributed by atoms with Gasteiger partial charge in [-0.3, -0.25) is 14.8 Å². The van der Waals surface area contributed by atoms with Gasteiger partial charge < -0.3 is 14.8 Å². The maximum absolute atomic E-state index is 12.3. The van der Waals surface area contributed by atoms with E-state index in [-0.39, 0.29) is 17.8 Å². The van der Waals surface area contributed by atoms with Gasteiger partial charge in [0.1, 0.15) is 0 Å². The first-order valence-electron chi connectivity index (χ1n) is 9.02. The van der Waals surface area contributed by atoms with Crippen LogP contribution in [0.1, 0.15) is 31.9 Å². The second kappa shape index (κ2) is 8.71. The fourth-order valence-corrected chi connectivity index (χ4v) is 3.21. The van der Waals surface area contributed by atoms with E-state index in [4.69, 9.17) is 9.47 Å². The van der Waals surface area contributed by atoms with Gasteiger partial charge in [-0.2, -0.15) is 0 Å². The first-order chi connectivity index (χ1) is 12.7. The van der Waals surface area contributed by atoms with Crippen LogP contribution in [0.2, 0.25) is 0 Å². The molecule has 0 amide bonds. The number of carbonyl (C=O) groups excluding carboxylic acids is 1. The van der Waals surface area contributed by atoms with Gasteiger partial charge in [-0.25, -0.2) is 4.98 Å². The van der Waals surface area contributed by atoms with E-state index in [9.17, 15) is 4.79 Å². The molecule has 0 bridgehead atoms. The van der Waals surface area contributed by atoms with Gasteiger partial charge in [0.05, 0.1) is 42.3 Å². The highest BCUT2D eigenvalue weighted by atomic mass is 16.5. The molecule has 0 radical (unpaired) electrons. The molecule has 7 nitrogen and oxygen atoms in total. The zero-order valence-electron chi connectivity index (χ0n) is 15.1. The Morgan fingerprint density at radius 1 is 1.23 bits per heavy atom. The van der Waals surface area contributed by atoms with E-state index >= 15 is 0 Å². The van der Waals surface area contributed by atoms with Gasteiger partial charge in [-0.05, 0) is 38.9 Å². The van der Waals surface area contributed by atoms with Crippen LogP contribution >= 0.6 is 0 Å². The van der Waals surface area contributed by atoms with Crippen molar-refractivity contribution in [2.75, 3.05) is 26.3 Å². The van der Waals surface area contributed by atoms with Gasteiger partial charge in [0.15, 0.2) is 0 Å². The van der Waals surface area contributed by atoms with Gasteiger partial charge in [-0.15, -0.1) is 0 Å². The molecule has 0 spiro atoms. The summed E-state index contributed by atoms with van der Waals surface area (Å²) in [4.78, 5) is 25.6. The summed E-state index contributed by atoms with van der Waals surface area (Å²) < 4.78 is 10.8. The predicted octanol–water partition coefficient (Wildman–Crippen LogP) is 2.19. The average molecular weight is 356 g/mol. The molecule has 1 fully saturated rings. The fraction of sp³-hybridized carbons (Fsp3) is 0.474. The highest BCUT2D eigenvalue weighted by Gasteiger charge is 2.34. The zero-order chi connectivity index (χ0) is 18.4. The van der Waals surface area contributed by atoms with Crippen LogP contribution in [0, 0.1) is 5.92 Å². The molecule has 0 aliphatic carbocycles. The molecule has 0 aromatic carbocycles. The quantitative estimate of drug-likeness (QED) is 0.794. The standard InChI is InChI=1S/C19H24N4O3/c1-3-25-18-14(6-5-8-21-18)16-11-23-17(12-22-16)15-10-20-9-7-13(15)19(24)26-4-2/h5-6,8,11-13,15,20H,3-4,7,9-10H2,1-2H3. The topological polar surface area (TPSA) is 86.2 Å². The number of nitrogens with one attached hydrogen (secondary N) is 1. The Hall–Kier alpha value is -2.54. The Balaban J connectivity index is 1.83. The second-order valence-corrected chi connectivity index (χ2v) is 6.07. The number of piperidine rings is 1. The van der Waals surface area contributed by atoms with E-state index in [2.05, 4.69) is 20.3 Å². The monoisotopic (exact) mass is 356 g/mol.